The fourth-order valence-electron chi connectivity index (χ4n) is 1.91. The van der Waals surface area contributed by atoms with Gasteiger partial charge < -0.3 is 0 Å². The van der Waals surface area contributed by atoms with Crippen LogP contribution in [0, 0.1) is 18.3 Å². The average Bonchev–Trinajstić information content (AvgIpc) is 2.90. The minimum atomic E-state index is 0.609. The summed E-state index contributed by atoms with van der Waals surface area (Å²) in [6.07, 6.45) is 3.19. The topological polar surface area (TPSA) is 74.0 Å². The monoisotopic (exact) mass is 293 g/mol. The van der Waals surface area contributed by atoms with Crippen LogP contribution in [0.25, 0.3) is 10.2 Å². The van der Waals surface area contributed by atoms with E-state index in [-0.39, 0.29) is 0 Å². The number of thiophene rings is 1. The Labute approximate surface area is 125 Å². The van der Waals surface area contributed by atoms with Gasteiger partial charge in [0.1, 0.15) is 6.33 Å². The fraction of sp³-hybridized carbons (Fsp3) is 0.0667. The Morgan fingerprint density at radius 3 is 3.14 bits per heavy atom. The first-order chi connectivity index (χ1) is 10.3. The van der Waals surface area contributed by atoms with Crippen molar-refractivity contribution < 1.29 is 0 Å². The Morgan fingerprint density at radius 2 is 2.29 bits per heavy atom. The molecule has 2 heterocycles. The highest BCUT2D eigenvalue weighted by Gasteiger charge is 2.06. The van der Waals surface area contributed by atoms with Crippen molar-refractivity contribution in [3.8, 4) is 6.07 Å². The normalized spacial score (nSPS) is 10.9. The van der Waals surface area contributed by atoms with E-state index in [9.17, 15) is 0 Å². The molecule has 0 aliphatic heterocycles. The van der Waals surface area contributed by atoms with Gasteiger partial charge in [0.2, 0.25) is 0 Å². The van der Waals surface area contributed by atoms with Gasteiger partial charge in [-0.05, 0) is 35.6 Å². The summed E-state index contributed by atoms with van der Waals surface area (Å²) in [7, 11) is 0. The Hall–Kier alpha value is -2.78. The Balaban J connectivity index is 1.83. The van der Waals surface area contributed by atoms with Crippen molar-refractivity contribution in [1.29, 1.82) is 5.26 Å². The zero-order chi connectivity index (χ0) is 14.7. The van der Waals surface area contributed by atoms with Crippen LogP contribution in [-0.2, 0) is 0 Å². The van der Waals surface area contributed by atoms with Gasteiger partial charge in [-0.15, -0.1) is 11.3 Å². The van der Waals surface area contributed by atoms with E-state index in [0.29, 0.717) is 11.4 Å². The standard InChI is InChI=1S/C15H11N5S/c1-10-8-21-14-13(10)17-9-18-15(14)20-19-7-12-4-2-3-11(5-12)6-16/h2-5,7-9H,1H3,(H,17,18,20)/b19-7+. The Kier molecular flexibility index (Phi) is 3.58. The van der Waals surface area contributed by atoms with E-state index in [0.717, 1.165) is 21.3 Å². The molecule has 0 unspecified atom stereocenters. The molecule has 0 aliphatic carbocycles. The number of benzene rings is 1. The molecule has 0 saturated heterocycles. The molecule has 1 N–H and O–H groups in total. The second-order valence-corrected chi connectivity index (χ2v) is 5.31. The minimum absolute atomic E-state index is 0.609. The molecule has 0 saturated carbocycles. The van der Waals surface area contributed by atoms with Gasteiger partial charge in [-0.1, -0.05) is 12.1 Å². The fourth-order valence-corrected chi connectivity index (χ4v) is 2.85. The van der Waals surface area contributed by atoms with Crippen molar-refractivity contribution in [2.24, 2.45) is 5.10 Å². The molecule has 0 bridgehead atoms. The highest BCUT2D eigenvalue weighted by atomic mass is 32.1. The first-order valence-electron chi connectivity index (χ1n) is 6.26. The molecule has 102 valence electrons. The highest BCUT2D eigenvalue weighted by Crippen LogP contribution is 2.28. The van der Waals surface area contributed by atoms with Gasteiger partial charge in [0.05, 0.1) is 28.1 Å². The van der Waals surface area contributed by atoms with E-state index in [4.69, 9.17) is 5.26 Å². The van der Waals surface area contributed by atoms with Gasteiger partial charge >= 0.3 is 0 Å². The number of hydrogen-bond donors (Lipinski definition) is 1. The van der Waals surface area contributed by atoms with Crippen LogP contribution in [0.3, 0.4) is 0 Å². The number of fused-ring (bicyclic) bond motifs is 1. The molecule has 3 aromatic rings. The van der Waals surface area contributed by atoms with Crippen LogP contribution >= 0.6 is 11.3 Å². The molecule has 1 aromatic carbocycles. The molecular weight excluding hydrogens is 282 g/mol. The van der Waals surface area contributed by atoms with Crippen molar-refractivity contribution >= 4 is 33.6 Å². The maximum absolute atomic E-state index is 8.86. The van der Waals surface area contributed by atoms with E-state index in [1.807, 2.05) is 24.4 Å². The molecule has 5 nitrogen and oxygen atoms in total. The molecule has 0 radical (unpaired) electrons. The molecule has 0 spiro atoms. The van der Waals surface area contributed by atoms with Crippen LogP contribution in [0.1, 0.15) is 16.7 Å². The van der Waals surface area contributed by atoms with Gasteiger partial charge in [-0.2, -0.15) is 10.4 Å². The van der Waals surface area contributed by atoms with Gasteiger partial charge in [0.15, 0.2) is 5.82 Å². The molecular formula is C15H11N5S. The van der Waals surface area contributed by atoms with Crippen LogP contribution < -0.4 is 5.43 Å². The number of hydrazone groups is 1. The number of nitrogens with one attached hydrogen (secondary N) is 1. The van der Waals surface area contributed by atoms with Crippen LogP contribution in [0.5, 0.6) is 0 Å². The van der Waals surface area contributed by atoms with E-state index < -0.39 is 0 Å². The largest absolute Gasteiger partial charge is 0.260 e. The van der Waals surface area contributed by atoms with E-state index in [2.05, 4.69) is 26.6 Å². The van der Waals surface area contributed by atoms with Crippen molar-refractivity contribution in [3.05, 3.63) is 52.7 Å². The number of nitrogens with zero attached hydrogens (tertiary/aromatic N) is 4. The maximum atomic E-state index is 8.86. The van der Waals surface area contributed by atoms with Crippen molar-refractivity contribution in [2.45, 2.75) is 6.92 Å². The number of nitriles is 1. The number of anilines is 1. The summed E-state index contributed by atoms with van der Waals surface area (Å²) in [5.74, 6) is 0.686. The summed E-state index contributed by atoms with van der Waals surface area (Å²) in [6, 6.07) is 9.34. The zero-order valence-corrected chi connectivity index (χ0v) is 12.1. The van der Waals surface area contributed by atoms with Crippen molar-refractivity contribution in [1.82, 2.24) is 9.97 Å². The molecule has 6 heteroatoms. The third-order valence-corrected chi connectivity index (χ3v) is 4.02. The lowest BCUT2D eigenvalue weighted by Gasteiger charge is -2.00. The first kappa shape index (κ1) is 13.2. The molecule has 3 rings (SSSR count). The maximum Gasteiger partial charge on any atom is 0.167 e. The summed E-state index contributed by atoms with van der Waals surface area (Å²) in [6.45, 7) is 2.02. The molecule has 21 heavy (non-hydrogen) atoms. The summed E-state index contributed by atoms with van der Waals surface area (Å²) in [5, 5.41) is 15.1. The number of aromatic nitrogens is 2. The summed E-state index contributed by atoms with van der Waals surface area (Å²) < 4.78 is 0.984. The Morgan fingerprint density at radius 1 is 1.38 bits per heavy atom. The van der Waals surface area contributed by atoms with Crippen molar-refractivity contribution in [3.63, 3.8) is 0 Å². The lowest BCUT2D eigenvalue weighted by molar-refractivity contribution is 1.18. The molecule has 0 fully saturated rings. The number of hydrogen-bond acceptors (Lipinski definition) is 6. The Bertz CT molecular complexity index is 860. The van der Waals surface area contributed by atoms with Crippen LogP contribution in [-0.4, -0.2) is 16.2 Å². The van der Waals surface area contributed by atoms with E-state index in [1.165, 1.54) is 6.33 Å². The lowest BCUT2D eigenvalue weighted by Crippen LogP contribution is -1.94. The third-order valence-electron chi connectivity index (χ3n) is 2.93. The molecule has 2 aromatic heterocycles. The molecule has 0 aliphatic rings. The second-order valence-electron chi connectivity index (χ2n) is 4.43. The van der Waals surface area contributed by atoms with E-state index in [1.54, 1.807) is 29.7 Å². The van der Waals surface area contributed by atoms with Gasteiger partial charge in [0, 0.05) is 0 Å². The van der Waals surface area contributed by atoms with Crippen LogP contribution in [0.2, 0.25) is 0 Å². The predicted octanol–water partition coefficient (Wildman–Crippen LogP) is 3.32. The quantitative estimate of drug-likeness (QED) is 0.594. The highest BCUT2D eigenvalue weighted by molar-refractivity contribution is 7.18. The van der Waals surface area contributed by atoms with Crippen LogP contribution in [0.15, 0.2) is 41.1 Å². The molecule has 0 atom stereocenters. The van der Waals surface area contributed by atoms with Gasteiger partial charge in [0.25, 0.3) is 0 Å². The average molecular weight is 293 g/mol. The third kappa shape index (κ3) is 2.73. The van der Waals surface area contributed by atoms with Crippen LogP contribution in [0.4, 0.5) is 5.82 Å². The van der Waals surface area contributed by atoms with Gasteiger partial charge in [-0.3, -0.25) is 5.43 Å². The number of rotatable bonds is 3. The smallest absolute Gasteiger partial charge is 0.167 e. The summed E-state index contributed by atoms with van der Waals surface area (Å²) >= 11 is 1.59. The SMILES string of the molecule is Cc1csc2c(N/N=C/c3cccc(C#N)c3)ncnc12. The van der Waals surface area contributed by atoms with Crippen molar-refractivity contribution in [2.75, 3.05) is 5.43 Å². The lowest BCUT2D eigenvalue weighted by atomic mass is 10.1. The summed E-state index contributed by atoms with van der Waals surface area (Å²) in [5.41, 5.74) is 6.47. The molecule has 0 amide bonds. The number of aryl methyl sites for hydroxylation is 1. The van der Waals surface area contributed by atoms with Gasteiger partial charge in [-0.25, -0.2) is 9.97 Å². The zero-order valence-electron chi connectivity index (χ0n) is 11.2. The first-order valence-corrected chi connectivity index (χ1v) is 7.14. The summed E-state index contributed by atoms with van der Waals surface area (Å²) in [4.78, 5) is 8.47. The van der Waals surface area contributed by atoms with E-state index >= 15 is 0 Å². The second kappa shape index (κ2) is 5.69. The minimum Gasteiger partial charge on any atom is -0.260 e. The predicted molar refractivity (Wildman–Crippen MR) is 84.5 cm³/mol.